The number of ether oxygens (including phenoxy) is 2. The highest BCUT2D eigenvalue weighted by molar-refractivity contribution is 5.65. The van der Waals surface area contributed by atoms with Crippen LogP contribution in [0.4, 0.5) is 0 Å². The van der Waals surface area contributed by atoms with Crippen LogP contribution in [0, 0.1) is 5.92 Å². The second-order valence-electron chi connectivity index (χ2n) is 4.79. The molecule has 2 aliphatic heterocycles. The number of methoxy groups -OCH3 is 1. The van der Waals surface area contributed by atoms with E-state index in [0.29, 0.717) is 11.8 Å². The van der Waals surface area contributed by atoms with E-state index in [-0.39, 0.29) is 0 Å². The van der Waals surface area contributed by atoms with E-state index in [1.165, 1.54) is 11.1 Å². The number of rotatable bonds is 2. The van der Waals surface area contributed by atoms with E-state index in [2.05, 4.69) is 30.3 Å². The van der Waals surface area contributed by atoms with Crippen molar-refractivity contribution in [3.05, 3.63) is 23.3 Å². The summed E-state index contributed by atoms with van der Waals surface area (Å²) in [6.07, 6.45) is 3.04. The predicted octanol–water partition coefficient (Wildman–Crippen LogP) is 2.43. The van der Waals surface area contributed by atoms with Crippen molar-refractivity contribution in [1.82, 2.24) is 0 Å². The predicted molar refractivity (Wildman–Crippen MR) is 67.5 cm³/mol. The second-order valence-corrected chi connectivity index (χ2v) is 4.79. The minimum Gasteiger partial charge on any atom is -0.493 e. The highest BCUT2D eigenvalue weighted by Gasteiger charge is 2.26. The first kappa shape index (κ1) is 10.6. The SMILES string of the molecule is COc1cc(C2CN=CC2C)cc2c1OCC2. The van der Waals surface area contributed by atoms with Crippen LogP contribution in [-0.2, 0) is 6.42 Å². The third-order valence-electron chi connectivity index (χ3n) is 3.70. The van der Waals surface area contributed by atoms with Crippen LogP contribution in [0.25, 0.3) is 0 Å². The molecule has 0 spiro atoms. The minimum absolute atomic E-state index is 0.495. The van der Waals surface area contributed by atoms with Gasteiger partial charge < -0.3 is 9.47 Å². The Balaban J connectivity index is 2.01. The normalized spacial score (nSPS) is 25.8. The average Bonchev–Trinajstić information content (AvgIpc) is 2.95. The van der Waals surface area contributed by atoms with Gasteiger partial charge in [-0.1, -0.05) is 13.0 Å². The molecule has 2 unspecified atom stereocenters. The van der Waals surface area contributed by atoms with Crippen molar-refractivity contribution in [2.75, 3.05) is 20.3 Å². The molecule has 0 N–H and O–H groups in total. The summed E-state index contributed by atoms with van der Waals surface area (Å²) in [5.41, 5.74) is 2.61. The first-order valence-corrected chi connectivity index (χ1v) is 6.13. The molecular weight excluding hydrogens is 214 g/mol. The lowest BCUT2D eigenvalue weighted by Gasteiger charge is -2.17. The van der Waals surface area contributed by atoms with Crippen LogP contribution in [0.2, 0.25) is 0 Å². The van der Waals surface area contributed by atoms with E-state index in [1.807, 2.05) is 0 Å². The van der Waals surface area contributed by atoms with E-state index >= 15 is 0 Å². The molecule has 0 saturated heterocycles. The van der Waals surface area contributed by atoms with Crippen LogP contribution in [0.15, 0.2) is 17.1 Å². The molecule has 0 bridgehead atoms. The number of hydrogen-bond acceptors (Lipinski definition) is 3. The van der Waals surface area contributed by atoms with Crippen LogP contribution in [0.3, 0.4) is 0 Å². The molecule has 0 aromatic heterocycles. The Morgan fingerprint density at radius 1 is 1.41 bits per heavy atom. The molecule has 0 radical (unpaired) electrons. The molecular formula is C14H17NO2. The molecule has 3 heteroatoms. The van der Waals surface area contributed by atoms with Crippen molar-refractivity contribution in [3.63, 3.8) is 0 Å². The van der Waals surface area contributed by atoms with E-state index in [1.54, 1.807) is 7.11 Å². The van der Waals surface area contributed by atoms with Gasteiger partial charge in [0.1, 0.15) is 0 Å². The summed E-state index contributed by atoms with van der Waals surface area (Å²) >= 11 is 0. The summed E-state index contributed by atoms with van der Waals surface area (Å²) in [4.78, 5) is 4.37. The van der Waals surface area contributed by atoms with E-state index < -0.39 is 0 Å². The standard InChI is InChI=1S/C14H17NO2/c1-9-7-15-8-12(9)11-5-10-3-4-17-14(10)13(6-11)16-2/h5-7,9,12H,3-4,8H2,1-2H3. The van der Waals surface area contributed by atoms with Crippen LogP contribution >= 0.6 is 0 Å². The molecule has 2 heterocycles. The van der Waals surface area contributed by atoms with Crippen LogP contribution in [0.1, 0.15) is 24.0 Å². The molecule has 1 aromatic rings. The van der Waals surface area contributed by atoms with Crippen LogP contribution in [0.5, 0.6) is 11.5 Å². The largest absolute Gasteiger partial charge is 0.493 e. The van der Waals surface area contributed by atoms with Gasteiger partial charge in [-0.15, -0.1) is 0 Å². The Bertz CT molecular complexity index is 468. The van der Waals surface area contributed by atoms with Crippen molar-refractivity contribution in [1.29, 1.82) is 0 Å². The van der Waals surface area contributed by atoms with Crippen molar-refractivity contribution >= 4 is 6.21 Å². The molecule has 0 aliphatic carbocycles. The smallest absolute Gasteiger partial charge is 0.164 e. The van der Waals surface area contributed by atoms with Crippen molar-refractivity contribution in [2.45, 2.75) is 19.3 Å². The van der Waals surface area contributed by atoms with Gasteiger partial charge in [0.25, 0.3) is 0 Å². The number of aliphatic imine (C=N–C) groups is 1. The third-order valence-corrected chi connectivity index (χ3v) is 3.70. The van der Waals surface area contributed by atoms with Gasteiger partial charge in [0.05, 0.1) is 13.7 Å². The second kappa shape index (κ2) is 4.06. The fourth-order valence-electron chi connectivity index (χ4n) is 2.68. The van der Waals surface area contributed by atoms with Gasteiger partial charge in [0, 0.05) is 30.7 Å². The molecule has 90 valence electrons. The Morgan fingerprint density at radius 2 is 2.29 bits per heavy atom. The fourth-order valence-corrected chi connectivity index (χ4v) is 2.68. The molecule has 3 nitrogen and oxygen atoms in total. The van der Waals surface area contributed by atoms with Gasteiger partial charge >= 0.3 is 0 Å². The van der Waals surface area contributed by atoms with Gasteiger partial charge in [-0.2, -0.15) is 0 Å². The summed E-state index contributed by atoms with van der Waals surface area (Å²) in [7, 11) is 1.70. The van der Waals surface area contributed by atoms with E-state index in [0.717, 1.165) is 31.1 Å². The Kier molecular flexibility index (Phi) is 2.54. The quantitative estimate of drug-likeness (QED) is 0.782. The third kappa shape index (κ3) is 1.70. The monoisotopic (exact) mass is 231 g/mol. The summed E-state index contributed by atoms with van der Waals surface area (Å²) in [6.45, 7) is 3.88. The zero-order chi connectivity index (χ0) is 11.8. The van der Waals surface area contributed by atoms with Crippen molar-refractivity contribution < 1.29 is 9.47 Å². The maximum Gasteiger partial charge on any atom is 0.164 e. The zero-order valence-corrected chi connectivity index (χ0v) is 10.3. The zero-order valence-electron chi connectivity index (χ0n) is 10.3. The van der Waals surface area contributed by atoms with Crippen LogP contribution in [-0.4, -0.2) is 26.5 Å². The summed E-state index contributed by atoms with van der Waals surface area (Å²) in [5, 5.41) is 0. The first-order valence-electron chi connectivity index (χ1n) is 6.13. The summed E-state index contributed by atoms with van der Waals surface area (Å²) < 4.78 is 11.0. The fraction of sp³-hybridized carbons (Fsp3) is 0.500. The number of benzene rings is 1. The van der Waals surface area contributed by atoms with Gasteiger partial charge in [0.15, 0.2) is 11.5 Å². The molecule has 2 aliphatic rings. The average molecular weight is 231 g/mol. The van der Waals surface area contributed by atoms with Gasteiger partial charge in [0.2, 0.25) is 0 Å². The van der Waals surface area contributed by atoms with E-state index in [9.17, 15) is 0 Å². The molecule has 17 heavy (non-hydrogen) atoms. The Hall–Kier alpha value is -1.51. The summed E-state index contributed by atoms with van der Waals surface area (Å²) in [6, 6.07) is 4.38. The molecule has 0 fully saturated rings. The Labute approximate surface area is 101 Å². The number of hydrogen-bond donors (Lipinski definition) is 0. The van der Waals surface area contributed by atoms with Gasteiger partial charge in [-0.3, -0.25) is 4.99 Å². The first-order chi connectivity index (χ1) is 8.29. The highest BCUT2D eigenvalue weighted by atomic mass is 16.5. The van der Waals surface area contributed by atoms with Gasteiger partial charge in [-0.05, 0) is 17.5 Å². The maximum absolute atomic E-state index is 5.61. The topological polar surface area (TPSA) is 30.8 Å². The van der Waals surface area contributed by atoms with Crippen LogP contribution < -0.4 is 9.47 Å². The lowest BCUT2D eigenvalue weighted by atomic mass is 9.88. The molecule has 2 atom stereocenters. The van der Waals surface area contributed by atoms with Gasteiger partial charge in [-0.25, -0.2) is 0 Å². The lowest BCUT2D eigenvalue weighted by Crippen LogP contribution is -2.08. The van der Waals surface area contributed by atoms with Crippen molar-refractivity contribution in [2.24, 2.45) is 10.9 Å². The summed E-state index contributed by atoms with van der Waals surface area (Å²) in [5.74, 6) is 2.81. The molecule has 0 saturated carbocycles. The maximum atomic E-state index is 5.61. The lowest BCUT2D eigenvalue weighted by molar-refractivity contribution is 0.325. The number of nitrogens with zero attached hydrogens (tertiary/aromatic N) is 1. The minimum atomic E-state index is 0.495. The molecule has 0 amide bonds. The highest BCUT2D eigenvalue weighted by Crippen LogP contribution is 2.40. The van der Waals surface area contributed by atoms with E-state index in [4.69, 9.17) is 9.47 Å². The molecule has 1 aromatic carbocycles. The number of fused-ring (bicyclic) bond motifs is 1. The van der Waals surface area contributed by atoms with Crippen molar-refractivity contribution in [3.8, 4) is 11.5 Å². The Morgan fingerprint density at radius 3 is 3.00 bits per heavy atom. The molecule has 3 rings (SSSR count).